The minimum absolute atomic E-state index is 0.0671. The van der Waals surface area contributed by atoms with Gasteiger partial charge >= 0.3 is 0 Å². The van der Waals surface area contributed by atoms with Crippen molar-refractivity contribution in [1.29, 1.82) is 0 Å². The Morgan fingerprint density at radius 1 is 1.20 bits per heavy atom. The number of benzene rings is 1. The zero-order valence-corrected chi connectivity index (χ0v) is 14.8. The molecule has 0 aliphatic carbocycles. The van der Waals surface area contributed by atoms with E-state index in [1.807, 2.05) is 30.9 Å². The van der Waals surface area contributed by atoms with Gasteiger partial charge < -0.3 is 14.6 Å². The van der Waals surface area contributed by atoms with Crippen molar-refractivity contribution in [3.8, 4) is 11.3 Å². The van der Waals surface area contributed by atoms with E-state index in [1.54, 1.807) is 12.1 Å². The minimum Gasteiger partial charge on any atom is -0.460 e. The van der Waals surface area contributed by atoms with Crippen LogP contribution in [-0.2, 0) is 11.3 Å². The second kappa shape index (κ2) is 7.83. The topological polar surface area (TPSA) is 45.5 Å². The van der Waals surface area contributed by atoms with Crippen molar-refractivity contribution in [2.45, 2.75) is 39.3 Å². The Hall–Kier alpha value is -2.14. The van der Waals surface area contributed by atoms with Gasteiger partial charge in [-0.25, -0.2) is 4.39 Å². The summed E-state index contributed by atoms with van der Waals surface area (Å²) in [7, 11) is 0. The maximum atomic E-state index is 13.0. The maximum absolute atomic E-state index is 13.0. The summed E-state index contributed by atoms with van der Waals surface area (Å²) in [5.41, 5.74) is 0.869. The van der Waals surface area contributed by atoms with Gasteiger partial charge in [0.15, 0.2) is 0 Å². The number of carbonyl (C=O) groups excluding carboxylic acids is 1. The molecule has 1 saturated heterocycles. The Kier molecular flexibility index (Phi) is 5.53. The molecule has 1 aliphatic rings. The lowest BCUT2D eigenvalue weighted by molar-refractivity contribution is -0.135. The van der Waals surface area contributed by atoms with E-state index < -0.39 is 0 Å². The normalized spacial score (nSPS) is 15.8. The first-order chi connectivity index (χ1) is 12.0. The summed E-state index contributed by atoms with van der Waals surface area (Å²) < 4.78 is 18.8. The molecule has 2 aromatic rings. The van der Waals surface area contributed by atoms with Crippen molar-refractivity contribution in [2.75, 3.05) is 13.1 Å². The largest absolute Gasteiger partial charge is 0.460 e. The Balaban J connectivity index is 1.49. The highest BCUT2D eigenvalue weighted by molar-refractivity contribution is 5.78. The summed E-state index contributed by atoms with van der Waals surface area (Å²) in [6.07, 6.45) is 1.92. The number of hydrogen-bond acceptors (Lipinski definition) is 3. The fraction of sp³-hybridized carbons (Fsp3) is 0.450. The second-order valence-electron chi connectivity index (χ2n) is 6.91. The van der Waals surface area contributed by atoms with Gasteiger partial charge in [0.05, 0.1) is 6.54 Å². The first kappa shape index (κ1) is 17.7. The molecule has 5 heteroatoms. The molecule has 1 aromatic heterocycles. The molecule has 1 aromatic carbocycles. The number of furan rings is 1. The smallest absolute Gasteiger partial charge is 0.225 e. The number of nitrogens with one attached hydrogen (secondary N) is 1. The van der Waals surface area contributed by atoms with Gasteiger partial charge in [-0.2, -0.15) is 0 Å². The standard InChI is InChI=1S/C20H25FN2O2/c1-14(2)20(24)23-11-9-17(10-12-23)22-13-18-7-8-19(25-18)15-3-5-16(21)6-4-15/h3-8,14,17,22H,9-13H2,1-2H3. The molecule has 0 radical (unpaired) electrons. The number of hydrogen-bond donors (Lipinski definition) is 1. The van der Waals surface area contributed by atoms with E-state index in [9.17, 15) is 9.18 Å². The van der Waals surface area contributed by atoms with Gasteiger partial charge in [-0.3, -0.25) is 4.79 Å². The zero-order chi connectivity index (χ0) is 17.8. The fourth-order valence-corrected chi connectivity index (χ4v) is 3.16. The van der Waals surface area contributed by atoms with Gasteiger partial charge in [-0.05, 0) is 49.2 Å². The summed E-state index contributed by atoms with van der Waals surface area (Å²) in [4.78, 5) is 14.0. The SMILES string of the molecule is CC(C)C(=O)N1CCC(NCc2ccc(-c3ccc(F)cc3)o2)CC1. The summed E-state index contributed by atoms with van der Waals surface area (Å²) in [5.74, 6) is 1.67. The van der Waals surface area contributed by atoms with Gasteiger partial charge in [0.1, 0.15) is 17.3 Å². The Labute approximate surface area is 148 Å². The van der Waals surface area contributed by atoms with Crippen LogP contribution in [0.5, 0.6) is 0 Å². The lowest BCUT2D eigenvalue weighted by atomic mass is 10.0. The third-order valence-electron chi connectivity index (χ3n) is 4.66. The molecular weight excluding hydrogens is 319 g/mol. The first-order valence-corrected chi connectivity index (χ1v) is 8.90. The molecule has 4 nitrogen and oxygen atoms in total. The highest BCUT2D eigenvalue weighted by atomic mass is 19.1. The van der Waals surface area contributed by atoms with Gasteiger partial charge in [0, 0.05) is 30.6 Å². The summed E-state index contributed by atoms with van der Waals surface area (Å²) in [6, 6.07) is 10.6. The van der Waals surface area contributed by atoms with Crippen LogP contribution in [0.15, 0.2) is 40.8 Å². The van der Waals surface area contributed by atoms with Crippen LogP contribution in [-0.4, -0.2) is 29.9 Å². The molecule has 0 atom stereocenters. The van der Waals surface area contributed by atoms with Crippen LogP contribution in [0.2, 0.25) is 0 Å². The molecule has 0 unspecified atom stereocenters. The second-order valence-corrected chi connectivity index (χ2v) is 6.91. The van der Waals surface area contributed by atoms with E-state index in [0.29, 0.717) is 12.6 Å². The fourth-order valence-electron chi connectivity index (χ4n) is 3.16. The number of carbonyl (C=O) groups is 1. The number of likely N-dealkylation sites (tertiary alicyclic amines) is 1. The number of amides is 1. The third-order valence-corrected chi connectivity index (χ3v) is 4.66. The molecular formula is C20H25FN2O2. The van der Waals surface area contributed by atoms with E-state index in [-0.39, 0.29) is 17.6 Å². The first-order valence-electron chi connectivity index (χ1n) is 8.90. The summed E-state index contributed by atoms with van der Waals surface area (Å²) >= 11 is 0. The van der Waals surface area contributed by atoms with Crippen LogP contribution >= 0.6 is 0 Å². The van der Waals surface area contributed by atoms with E-state index in [0.717, 1.165) is 43.0 Å². The monoisotopic (exact) mass is 344 g/mol. The minimum atomic E-state index is -0.250. The van der Waals surface area contributed by atoms with Crippen molar-refractivity contribution in [1.82, 2.24) is 10.2 Å². The van der Waals surface area contributed by atoms with Gasteiger partial charge in [0.2, 0.25) is 5.91 Å². The maximum Gasteiger partial charge on any atom is 0.225 e. The quantitative estimate of drug-likeness (QED) is 0.897. The van der Waals surface area contributed by atoms with Crippen LogP contribution in [0.4, 0.5) is 4.39 Å². The van der Waals surface area contributed by atoms with Crippen molar-refractivity contribution in [3.05, 3.63) is 48.0 Å². The highest BCUT2D eigenvalue weighted by Gasteiger charge is 2.24. The molecule has 0 saturated carbocycles. The average molecular weight is 344 g/mol. The highest BCUT2D eigenvalue weighted by Crippen LogP contribution is 2.22. The van der Waals surface area contributed by atoms with E-state index in [2.05, 4.69) is 5.32 Å². The summed E-state index contributed by atoms with van der Waals surface area (Å²) in [6.45, 7) is 6.18. The molecule has 0 spiro atoms. The number of rotatable bonds is 5. The van der Waals surface area contributed by atoms with Crippen LogP contribution in [0.3, 0.4) is 0 Å². The van der Waals surface area contributed by atoms with Crippen LogP contribution < -0.4 is 5.32 Å². The van der Waals surface area contributed by atoms with Gasteiger partial charge in [-0.1, -0.05) is 13.8 Å². The molecule has 1 fully saturated rings. The molecule has 134 valence electrons. The number of nitrogens with zero attached hydrogens (tertiary/aromatic N) is 1. The van der Waals surface area contributed by atoms with Crippen molar-refractivity contribution >= 4 is 5.91 Å². The Morgan fingerprint density at radius 3 is 2.52 bits per heavy atom. The molecule has 1 aliphatic heterocycles. The molecule has 1 amide bonds. The van der Waals surface area contributed by atoms with Gasteiger partial charge in [0.25, 0.3) is 0 Å². The Morgan fingerprint density at radius 2 is 1.88 bits per heavy atom. The predicted molar refractivity (Wildman–Crippen MR) is 95.4 cm³/mol. The van der Waals surface area contributed by atoms with Crippen molar-refractivity contribution in [3.63, 3.8) is 0 Å². The summed E-state index contributed by atoms with van der Waals surface area (Å²) in [5, 5.41) is 3.51. The van der Waals surface area contributed by atoms with Crippen LogP contribution in [0.25, 0.3) is 11.3 Å². The van der Waals surface area contributed by atoms with E-state index >= 15 is 0 Å². The molecule has 0 bridgehead atoms. The average Bonchev–Trinajstić information content (AvgIpc) is 3.09. The van der Waals surface area contributed by atoms with Crippen molar-refractivity contribution < 1.29 is 13.6 Å². The molecule has 25 heavy (non-hydrogen) atoms. The van der Waals surface area contributed by atoms with Crippen LogP contribution in [0, 0.1) is 11.7 Å². The van der Waals surface area contributed by atoms with Crippen LogP contribution in [0.1, 0.15) is 32.4 Å². The lowest BCUT2D eigenvalue weighted by Crippen LogP contribution is -2.45. The molecule has 3 rings (SSSR count). The van der Waals surface area contributed by atoms with Gasteiger partial charge in [-0.15, -0.1) is 0 Å². The molecule has 1 N–H and O–H groups in total. The third kappa shape index (κ3) is 4.48. The molecule has 2 heterocycles. The number of piperidine rings is 1. The van der Waals surface area contributed by atoms with E-state index in [1.165, 1.54) is 12.1 Å². The number of halogens is 1. The lowest BCUT2D eigenvalue weighted by Gasteiger charge is -2.33. The Bertz CT molecular complexity index is 701. The zero-order valence-electron chi connectivity index (χ0n) is 14.8. The predicted octanol–water partition coefficient (Wildman–Crippen LogP) is 3.82. The van der Waals surface area contributed by atoms with E-state index in [4.69, 9.17) is 4.42 Å². The van der Waals surface area contributed by atoms with Crippen molar-refractivity contribution in [2.24, 2.45) is 5.92 Å².